The van der Waals surface area contributed by atoms with Crippen molar-refractivity contribution >= 4 is 35.0 Å². The molecule has 162 valence electrons. The lowest BCUT2D eigenvalue weighted by atomic mass is 10.2. The lowest BCUT2D eigenvalue weighted by molar-refractivity contribution is -0.136. The number of anilines is 3. The van der Waals surface area contributed by atoms with E-state index in [2.05, 4.69) is 25.7 Å². The number of morpholine rings is 1. The predicted octanol–water partition coefficient (Wildman–Crippen LogP) is 2.68. The molecule has 0 unspecified atom stereocenters. The van der Waals surface area contributed by atoms with Crippen molar-refractivity contribution in [2.45, 2.75) is 13.1 Å². The number of carbonyl (C=O) groups excluding carboxylic acids is 1. The van der Waals surface area contributed by atoms with Gasteiger partial charge in [0.25, 0.3) is 0 Å². The summed E-state index contributed by atoms with van der Waals surface area (Å²) < 4.78 is 20.7. The molecule has 0 bridgehead atoms. The second-order valence-electron chi connectivity index (χ2n) is 6.86. The highest BCUT2D eigenvalue weighted by Gasteiger charge is 2.17. The van der Waals surface area contributed by atoms with Gasteiger partial charge in [-0.15, -0.1) is 0 Å². The van der Waals surface area contributed by atoms with Crippen LogP contribution < -0.4 is 10.6 Å². The number of benzene rings is 1. The van der Waals surface area contributed by atoms with Crippen LogP contribution in [0.2, 0.25) is 5.02 Å². The van der Waals surface area contributed by atoms with E-state index in [9.17, 15) is 9.18 Å². The number of hydrogen-bond acceptors (Lipinski definition) is 7. The second kappa shape index (κ2) is 9.71. The third-order valence-electron chi connectivity index (χ3n) is 4.71. The van der Waals surface area contributed by atoms with Crippen LogP contribution in [0.15, 0.2) is 42.9 Å². The zero-order chi connectivity index (χ0) is 21.6. The Morgan fingerprint density at radius 2 is 2.10 bits per heavy atom. The van der Waals surface area contributed by atoms with Gasteiger partial charge in [0, 0.05) is 42.6 Å². The number of nitrogens with zero attached hydrogens (tertiary/aromatic N) is 5. The van der Waals surface area contributed by atoms with E-state index >= 15 is 0 Å². The first kappa shape index (κ1) is 21.0. The molecular weight excluding hydrogens is 425 g/mol. The number of aromatic nitrogens is 4. The van der Waals surface area contributed by atoms with E-state index in [-0.39, 0.29) is 24.8 Å². The van der Waals surface area contributed by atoms with Crippen molar-refractivity contribution in [3.63, 3.8) is 0 Å². The van der Waals surface area contributed by atoms with E-state index in [0.29, 0.717) is 54.3 Å². The van der Waals surface area contributed by atoms with Gasteiger partial charge in [-0.25, -0.2) is 9.37 Å². The van der Waals surface area contributed by atoms with Crippen LogP contribution in [0.1, 0.15) is 5.56 Å². The van der Waals surface area contributed by atoms with Gasteiger partial charge in [0.2, 0.25) is 11.9 Å². The molecule has 2 aromatic heterocycles. The van der Waals surface area contributed by atoms with Gasteiger partial charge in [0.15, 0.2) is 0 Å². The molecule has 1 fully saturated rings. The van der Waals surface area contributed by atoms with Crippen molar-refractivity contribution in [2.75, 3.05) is 36.9 Å². The molecule has 0 aliphatic carbocycles. The van der Waals surface area contributed by atoms with Gasteiger partial charge in [-0.05, 0) is 18.2 Å². The Balaban J connectivity index is 1.35. The zero-order valence-corrected chi connectivity index (χ0v) is 17.3. The fourth-order valence-electron chi connectivity index (χ4n) is 3.09. The van der Waals surface area contributed by atoms with E-state index in [1.165, 1.54) is 6.07 Å². The van der Waals surface area contributed by atoms with Crippen LogP contribution in [0.4, 0.5) is 21.8 Å². The van der Waals surface area contributed by atoms with Crippen molar-refractivity contribution in [3.8, 4) is 0 Å². The summed E-state index contributed by atoms with van der Waals surface area (Å²) in [7, 11) is 0. The number of amides is 1. The first-order chi connectivity index (χ1) is 15.1. The van der Waals surface area contributed by atoms with Crippen molar-refractivity contribution < 1.29 is 13.9 Å². The normalized spacial score (nSPS) is 13.8. The highest BCUT2D eigenvalue weighted by molar-refractivity contribution is 6.31. The summed E-state index contributed by atoms with van der Waals surface area (Å²) in [5, 5.41) is 10.6. The van der Waals surface area contributed by atoms with Crippen molar-refractivity contribution in [1.82, 2.24) is 24.6 Å². The molecule has 0 spiro atoms. The third kappa shape index (κ3) is 5.47. The zero-order valence-electron chi connectivity index (χ0n) is 16.6. The third-order valence-corrected chi connectivity index (χ3v) is 5.07. The molecule has 4 rings (SSSR count). The highest BCUT2D eigenvalue weighted by atomic mass is 35.5. The summed E-state index contributed by atoms with van der Waals surface area (Å²) in [4.78, 5) is 22.6. The van der Waals surface area contributed by atoms with E-state index in [0.717, 1.165) is 0 Å². The molecule has 1 saturated heterocycles. The van der Waals surface area contributed by atoms with Crippen LogP contribution in [-0.4, -0.2) is 56.9 Å². The van der Waals surface area contributed by atoms with E-state index in [4.69, 9.17) is 16.3 Å². The molecule has 0 atom stereocenters. The Morgan fingerprint density at radius 1 is 1.26 bits per heavy atom. The molecule has 1 aliphatic heterocycles. The molecule has 1 aliphatic rings. The predicted molar refractivity (Wildman–Crippen MR) is 114 cm³/mol. The minimum absolute atomic E-state index is 0.00722. The standard InChI is InChI=1S/C20H21ClFN7O2/c21-16-2-1-3-17(22)15(16)11-24-18-4-5-23-20(27-18)26-14-10-25-29(12-14)13-19(30)28-6-8-31-9-7-28/h1-5,10,12H,6-9,11,13H2,(H2,23,24,26,27). The number of carbonyl (C=O) groups is 1. The molecule has 0 radical (unpaired) electrons. The van der Waals surface area contributed by atoms with Gasteiger partial charge in [-0.2, -0.15) is 10.1 Å². The Bertz CT molecular complexity index is 1040. The quantitative estimate of drug-likeness (QED) is 0.577. The molecule has 9 nitrogen and oxygen atoms in total. The Kier molecular flexibility index (Phi) is 6.58. The lowest BCUT2D eigenvalue weighted by Gasteiger charge is -2.26. The van der Waals surface area contributed by atoms with Crippen LogP contribution in [0, 0.1) is 5.82 Å². The first-order valence-corrected chi connectivity index (χ1v) is 10.1. The number of halogens is 2. The summed E-state index contributed by atoms with van der Waals surface area (Å²) in [6.45, 7) is 2.63. The SMILES string of the molecule is O=C(Cn1cc(Nc2nccc(NCc3c(F)cccc3Cl)n2)cn1)N1CCOCC1. The van der Waals surface area contributed by atoms with Crippen LogP contribution in [0.3, 0.4) is 0 Å². The molecule has 2 N–H and O–H groups in total. The lowest BCUT2D eigenvalue weighted by Crippen LogP contribution is -2.42. The number of nitrogens with one attached hydrogen (secondary N) is 2. The van der Waals surface area contributed by atoms with Gasteiger partial charge < -0.3 is 20.3 Å². The molecule has 11 heteroatoms. The van der Waals surface area contributed by atoms with Crippen molar-refractivity contribution in [2.24, 2.45) is 0 Å². The smallest absolute Gasteiger partial charge is 0.244 e. The molecular formula is C20H21ClFN7O2. The molecule has 0 saturated carbocycles. The first-order valence-electron chi connectivity index (χ1n) is 9.73. The van der Waals surface area contributed by atoms with Gasteiger partial charge in [0.1, 0.15) is 18.2 Å². The monoisotopic (exact) mass is 445 g/mol. The molecule has 1 amide bonds. The average Bonchev–Trinajstić information content (AvgIpc) is 3.21. The van der Waals surface area contributed by atoms with Crippen molar-refractivity contribution in [1.29, 1.82) is 0 Å². The van der Waals surface area contributed by atoms with E-state index < -0.39 is 0 Å². The summed E-state index contributed by atoms with van der Waals surface area (Å²) in [5.74, 6) is 0.453. The maximum atomic E-state index is 13.9. The maximum Gasteiger partial charge on any atom is 0.244 e. The minimum atomic E-state index is -0.383. The van der Waals surface area contributed by atoms with E-state index in [1.54, 1.807) is 46.4 Å². The Morgan fingerprint density at radius 3 is 2.90 bits per heavy atom. The van der Waals surface area contributed by atoms with E-state index in [1.807, 2.05) is 0 Å². The maximum absolute atomic E-state index is 13.9. The second-order valence-corrected chi connectivity index (χ2v) is 7.27. The topological polar surface area (TPSA) is 97.2 Å². The van der Waals surface area contributed by atoms with Gasteiger partial charge in [-0.1, -0.05) is 17.7 Å². The van der Waals surface area contributed by atoms with Gasteiger partial charge in [0.05, 0.1) is 25.1 Å². The number of ether oxygens (including phenoxy) is 1. The number of rotatable bonds is 7. The largest absolute Gasteiger partial charge is 0.378 e. The van der Waals surface area contributed by atoms with Gasteiger partial charge >= 0.3 is 0 Å². The minimum Gasteiger partial charge on any atom is -0.378 e. The van der Waals surface area contributed by atoms with Crippen LogP contribution in [0.25, 0.3) is 0 Å². The fraction of sp³-hybridized carbons (Fsp3) is 0.300. The van der Waals surface area contributed by atoms with Crippen molar-refractivity contribution in [3.05, 3.63) is 59.3 Å². The highest BCUT2D eigenvalue weighted by Crippen LogP contribution is 2.20. The molecule has 3 heterocycles. The summed E-state index contributed by atoms with van der Waals surface area (Å²) >= 11 is 6.05. The van der Waals surface area contributed by atoms with Gasteiger partial charge in [-0.3, -0.25) is 9.48 Å². The Labute approximate surface area is 183 Å². The molecule has 31 heavy (non-hydrogen) atoms. The van der Waals surface area contributed by atoms with Crippen LogP contribution in [-0.2, 0) is 22.6 Å². The summed E-state index contributed by atoms with van der Waals surface area (Å²) in [5.41, 5.74) is 1.01. The molecule has 3 aromatic rings. The van der Waals surface area contributed by atoms with Crippen LogP contribution >= 0.6 is 11.6 Å². The fourth-order valence-corrected chi connectivity index (χ4v) is 3.32. The average molecular weight is 446 g/mol. The Hall–Kier alpha value is -3.24. The van der Waals surface area contributed by atoms with Crippen LogP contribution in [0.5, 0.6) is 0 Å². The number of hydrogen-bond donors (Lipinski definition) is 2. The summed E-state index contributed by atoms with van der Waals surface area (Å²) in [6.07, 6.45) is 4.88. The summed E-state index contributed by atoms with van der Waals surface area (Å²) in [6, 6.07) is 6.22. The molecule has 1 aromatic carbocycles.